The van der Waals surface area contributed by atoms with Crippen LogP contribution in [0.5, 0.6) is 11.5 Å². The number of nitrogens with zero attached hydrogens (tertiary/aromatic N) is 5. The Labute approximate surface area is 271 Å². The summed E-state index contributed by atoms with van der Waals surface area (Å²) in [6.07, 6.45) is 4.01. The van der Waals surface area contributed by atoms with Gasteiger partial charge in [0.25, 0.3) is 0 Å². The van der Waals surface area contributed by atoms with Crippen LogP contribution in [0.4, 0.5) is 10.1 Å². The van der Waals surface area contributed by atoms with Gasteiger partial charge in [-0.25, -0.2) is 4.39 Å². The molecule has 3 aromatic heterocycles. The first-order valence-electron chi connectivity index (χ1n) is 15.5. The maximum absolute atomic E-state index is 15.3. The first kappa shape index (κ1) is 30.2. The Kier molecular flexibility index (Phi) is 8.57. The first-order chi connectivity index (χ1) is 22.4. The van der Waals surface area contributed by atoms with Gasteiger partial charge >= 0.3 is 0 Å². The minimum atomic E-state index is -0.722. The summed E-state index contributed by atoms with van der Waals surface area (Å²) in [5.74, 6) is -1.16. The number of hydrogen-bond acceptors (Lipinski definition) is 8. The number of para-hydroxylation sites is 1. The van der Waals surface area contributed by atoms with E-state index in [1.54, 1.807) is 23.2 Å². The van der Waals surface area contributed by atoms with Gasteiger partial charge in [-0.2, -0.15) is 0 Å². The smallest absolute Gasteiger partial charge is 0.237 e. The molecule has 0 bridgehead atoms. The average Bonchev–Trinajstić information content (AvgIpc) is 3.69. The van der Waals surface area contributed by atoms with Crippen LogP contribution in [0.2, 0.25) is 0 Å². The van der Waals surface area contributed by atoms with Gasteiger partial charge in [0, 0.05) is 69.8 Å². The molecule has 0 N–H and O–H groups in total. The number of rotatable bonds is 9. The molecular weight excluding hydrogens is 601 g/mol. The fourth-order valence-corrected chi connectivity index (χ4v) is 7.11. The molecule has 0 spiro atoms. The Morgan fingerprint density at radius 3 is 2.50 bits per heavy atom. The minimum absolute atomic E-state index is 0.0226. The summed E-state index contributed by atoms with van der Waals surface area (Å²) in [5, 5.41) is 0. The van der Waals surface area contributed by atoms with E-state index in [0.29, 0.717) is 24.3 Å². The van der Waals surface area contributed by atoms with Crippen molar-refractivity contribution in [1.82, 2.24) is 19.8 Å². The lowest BCUT2D eigenvalue weighted by atomic mass is 9.96. The van der Waals surface area contributed by atoms with Crippen LogP contribution in [0.3, 0.4) is 0 Å². The molecule has 1 amide bonds. The van der Waals surface area contributed by atoms with Crippen molar-refractivity contribution in [2.24, 2.45) is 5.92 Å². The molecule has 0 saturated carbocycles. The van der Waals surface area contributed by atoms with Crippen LogP contribution in [-0.2, 0) is 22.6 Å². The van der Waals surface area contributed by atoms with Crippen LogP contribution >= 0.6 is 11.3 Å². The highest BCUT2D eigenvalue weighted by atomic mass is 32.1. The molecule has 10 heteroatoms. The number of anilines is 1. The Balaban J connectivity index is 1.01. The number of amides is 1. The number of Topliss-reactive ketones (excluding diaryl/α,β-unsaturated/α-hetero) is 1. The third-order valence-corrected chi connectivity index (χ3v) is 9.87. The van der Waals surface area contributed by atoms with Crippen molar-refractivity contribution in [3.05, 3.63) is 102 Å². The molecule has 2 aliphatic heterocycles. The van der Waals surface area contributed by atoms with E-state index in [0.717, 1.165) is 59.2 Å². The maximum atomic E-state index is 15.3. The molecule has 1 atom stereocenters. The van der Waals surface area contributed by atoms with Crippen LogP contribution in [0.1, 0.15) is 17.5 Å². The number of carbonyl (C=O) groups excluding carboxylic acids is 2. The quantitative estimate of drug-likeness (QED) is 0.179. The molecule has 5 heterocycles. The topological polar surface area (TPSA) is 78.9 Å². The summed E-state index contributed by atoms with van der Waals surface area (Å²) in [7, 11) is 2.16. The van der Waals surface area contributed by atoms with E-state index in [1.807, 2.05) is 48.7 Å². The van der Waals surface area contributed by atoms with Gasteiger partial charge in [0.2, 0.25) is 5.91 Å². The van der Waals surface area contributed by atoms with Crippen LogP contribution in [0.15, 0.2) is 85.2 Å². The normalized spacial score (nSPS) is 17.6. The second-order valence-corrected chi connectivity index (χ2v) is 13.0. The van der Waals surface area contributed by atoms with Crippen molar-refractivity contribution in [3.63, 3.8) is 0 Å². The Bertz CT molecular complexity index is 1870. The third-order valence-electron chi connectivity index (χ3n) is 8.71. The average molecular weight is 636 g/mol. The largest absolute Gasteiger partial charge is 0.453 e. The maximum Gasteiger partial charge on any atom is 0.237 e. The predicted octanol–water partition coefficient (Wildman–Crippen LogP) is 6.20. The summed E-state index contributed by atoms with van der Waals surface area (Å²) in [6.45, 7) is 5.64. The molecule has 2 fully saturated rings. The molecule has 0 aliphatic carbocycles. The summed E-state index contributed by atoms with van der Waals surface area (Å²) < 4.78 is 22.1. The van der Waals surface area contributed by atoms with Crippen molar-refractivity contribution in [1.29, 1.82) is 0 Å². The molecular formula is C36H34FN5O3S. The van der Waals surface area contributed by atoms with Gasteiger partial charge in [-0.05, 0) is 61.0 Å². The number of fused-ring (bicyclic) bond motifs is 1. The van der Waals surface area contributed by atoms with Crippen molar-refractivity contribution in [2.75, 3.05) is 44.7 Å². The van der Waals surface area contributed by atoms with E-state index in [2.05, 4.69) is 27.9 Å². The molecule has 46 heavy (non-hydrogen) atoms. The first-order valence-corrected chi connectivity index (χ1v) is 16.3. The molecule has 2 aromatic carbocycles. The minimum Gasteiger partial charge on any atom is -0.453 e. The predicted molar refractivity (Wildman–Crippen MR) is 178 cm³/mol. The third kappa shape index (κ3) is 6.42. The van der Waals surface area contributed by atoms with Gasteiger partial charge in [0.05, 0.1) is 26.7 Å². The van der Waals surface area contributed by atoms with Crippen LogP contribution < -0.4 is 9.64 Å². The van der Waals surface area contributed by atoms with E-state index in [1.165, 1.54) is 29.0 Å². The van der Waals surface area contributed by atoms with E-state index in [4.69, 9.17) is 9.72 Å². The SMILES string of the molecule is CN1CCN(Cc2ccc(-c3cc4nccc(Oc5ccc(CC(=O)C6CCN(c7ccccc7)C6=O)cc5F)c4s3)nc2)CC1. The zero-order valence-electron chi connectivity index (χ0n) is 25.6. The number of ether oxygens (including phenoxy) is 1. The van der Waals surface area contributed by atoms with E-state index >= 15 is 4.39 Å². The van der Waals surface area contributed by atoms with Gasteiger partial charge in [-0.3, -0.25) is 24.5 Å². The van der Waals surface area contributed by atoms with E-state index in [-0.39, 0.29) is 23.9 Å². The standard InChI is InChI=1S/C36H34FN5O3S/c1-40-15-17-41(18-16-40)23-25-7-9-29(39-22-25)34-21-30-35(46-34)33(11-13-38-30)45-32-10-8-24(19-28(32)37)20-31(43)27-12-14-42(36(27)44)26-5-3-2-4-6-26/h2-11,13,19,21-22,27H,12,14-18,20,23H2,1H3. The molecule has 2 aliphatic rings. The fourth-order valence-electron chi connectivity index (χ4n) is 6.07. The highest BCUT2D eigenvalue weighted by Gasteiger charge is 2.37. The number of hydrogen-bond donors (Lipinski definition) is 0. The number of aromatic nitrogens is 2. The van der Waals surface area contributed by atoms with Gasteiger partial charge in [0.15, 0.2) is 11.6 Å². The van der Waals surface area contributed by atoms with Crippen molar-refractivity contribution >= 4 is 38.9 Å². The number of piperazine rings is 1. The number of carbonyl (C=O) groups is 2. The highest BCUT2D eigenvalue weighted by molar-refractivity contribution is 7.22. The number of ketones is 1. The Hall–Kier alpha value is -4.51. The van der Waals surface area contributed by atoms with Gasteiger partial charge in [0.1, 0.15) is 11.5 Å². The van der Waals surface area contributed by atoms with Crippen LogP contribution in [-0.4, -0.2) is 71.2 Å². The lowest BCUT2D eigenvalue weighted by Gasteiger charge is -2.32. The molecule has 7 rings (SSSR count). The second kappa shape index (κ2) is 13.1. The van der Waals surface area contributed by atoms with Gasteiger partial charge in [-0.1, -0.05) is 30.3 Å². The summed E-state index contributed by atoms with van der Waals surface area (Å²) >= 11 is 1.50. The molecule has 2 saturated heterocycles. The van der Waals surface area contributed by atoms with E-state index < -0.39 is 11.7 Å². The number of thiophene rings is 1. The number of likely N-dealkylation sites (N-methyl/N-ethyl adjacent to an activating group) is 1. The van der Waals surface area contributed by atoms with Crippen molar-refractivity contribution in [2.45, 2.75) is 19.4 Å². The van der Waals surface area contributed by atoms with Gasteiger partial charge < -0.3 is 14.5 Å². The lowest BCUT2D eigenvalue weighted by molar-refractivity contribution is -0.130. The zero-order valence-corrected chi connectivity index (χ0v) is 26.4. The Morgan fingerprint density at radius 2 is 1.74 bits per heavy atom. The number of halogens is 1. The molecule has 0 radical (unpaired) electrons. The second-order valence-electron chi connectivity index (χ2n) is 11.9. The van der Waals surface area contributed by atoms with Crippen LogP contribution in [0.25, 0.3) is 20.8 Å². The highest BCUT2D eigenvalue weighted by Crippen LogP contribution is 2.39. The molecule has 8 nitrogen and oxygen atoms in total. The van der Waals surface area contributed by atoms with Gasteiger partial charge in [-0.15, -0.1) is 11.3 Å². The number of benzene rings is 2. The number of pyridine rings is 2. The van der Waals surface area contributed by atoms with Crippen LogP contribution in [0, 0.1) is 11.7 Å². The van der Waals surface area contributed by atoms with Crippen molar-refractivity contribution in [3.8, 4) is 22.1 Å². The molecule has 1 unspecified atom stereocenters. The van der Waals surface area contributed by atoms with E-state index in [9.17, 15) is 9.59 Å². The summed E-state index contributed by atoms with van der Waals surface area (Å²) in [5.41, 5.74) is 4.06. The zero-order chi connectivity index (χ0) is 31.6. The van der Waals surface area contributed by atoms with Crippen molar-refractivity contribution < 1.29 is 18.7 Å². The Morgan fingerprint density at radius 1 is 0.935 bits per heavy atom. The summed E-state index contributed by atoms with van der Waals surface area (Å²) in [6, 6.07) is 21.7. The lowest BCUT2D eigenvalue weighted by Crippen LogP contribution is -2.43. The fraction of sp³-hybridized carbons (Fsp3) is 0.278. The molecule has 5 aromatic rings. The monoisotopic (exact) mass is 635 g/mol. The molecule has 234 valence electrons. The summed E-state index contributed by atoms with van der Waals surface area (Å²) in [4.78, 5) is 42.6.